The van der Waals surface area contributed by atoms with E-state index in [0.29, 0.717) is 11.5 Å². The van der Waals surface area contributed by atoms with Crippen molar-refractivity contribution >= 4 is 7.14 Å². The van der Waals surface area contributed by atoms with Gasteiger partial charge in [0.15, 0.2) is 0 Å². The highest BCUT2D eigenvalue weighted by Gasteiger charge is 2.45. The lowest BCUT2D eigenvalue weighted by Gasteiger charge is -2.49. The van der Waals surface area contributed by atoms with Gasteiger partial charge in [-0.15, -0.1) is 0 Å². The van der Waals surface area contributed by atoms with Crippen LogP contribution < -0.4 is 0 Å². The fraction of sp³-hybridized carbons (Fsp3) is 1.00. The van der Waals surface area contributed by atoms with Crippen LogP contribution in [0.4, 0.5) is 0 Å². The maximum Gasteiger partial charge on any atom is 0.0790 e. The minimum absolute atomic E-state index is 0.562. The Balaban J connectivity index is 0.000000494. The minimum Gasteiger partial charge on any atom is -0.377 e. The summed E-state index contributed by atoms with van der Waals surface area (Å²) in [6, 6.07) is 0. The van der Waals surface area contributed by atoms with Crippen LogP contribution in [0.3, 0.4) is 0 Å². The summed E-state index contributed by atoms with van der Waals surface area (Å²) in [5.74, 6) is 0. The third-order valence-corrected chi connectivity index (χ3v) is 3.54. The molecule has 18 heavy (non-hydrogen) atoms. The average molecular weight is 276 g/mol. The van der Waals surface area contributed by atoms with E-state index in [1.54, 1.807) is 20.0 Å². The zero-order valence-corrected chi connectivity index (χ0v) is 14.2. The second-order valence-electron chi connectivity index (χ2n) is 6.30. The summed E-state index contributed by atoms with van der Waals surface area (Å²) in [7, 11) is -1.64. The molecule has 0 aromatic carbocycles. The molecule has 0 amide bonds. The molecule has 0 spiro atoms. The van der Waals surface area contributed by atoms with Crippen molar-refractivity contribution in [2.75, 3.05) is 26.6 Å². The van der Waals surface area contributed by atoms with Crippen molar-refractivity contribution in [2.45, 2.75) is 65.4 Å². The molecule has 0 radical (unpaired) electrons. The van der Waals surface area contributed by atoms with Crippen LogP contribution in [-0.4, -0.2) is 32.7 Å². The van der Waals surface area contributed by atoms with E-state index in [1.807, 2.05) is 0 Å². The van der Waals surface area contributed by atoms with E-state index in [0.717, 1.165) is 6.61 Å². The lowest BCUT2D eigenvalue weighted by Crippen LogP contribution is -2.51. The van der Waals surface area contributed by atoms with Gasteiger partial charge >= 0.3 is 0 Å². The fourth-order valence-corrected chi connectivity index (χ4v) is 2.36. The van der Waals surface area contributed by atoms with Crippen molar-refractivity contribution in [3.05, 3.63) is 0 Å². The molecule has 0 saturated carbocycles. The van der Waals surface area contributed by atoms with E-state index in [4.69, 9.17) is 4.74 Å². The summed E-state index contributed by atoms with van der Waals surface area (Å²) in [6.07, 6.45) is 8.48. The molecule has 1 aliphatic rings. The Morgan fingerprint density at radius 3 is 2.00 bits per heavy atom. The first-order valence-corrected chi connectivity index (χ1v) is 10.5. The molecule has 1 saturated heterocycles. The summed E-state index contributed by atoms with van der Waals surface area (Å²) in [6.45, 7) is 13.1. The normalized spacial score (nSPS) is 27.1. The molecule has 2 atom stereocenters. The molecule has 1 fully saturated rings. The van der Waals surface area contributed by atoms with Gasteiger partial charge in [-0.2, -0.15) is 0 Å². The van der Waals surface area contributed by atoms with Crippen LogP contribution in [-0.2, 0) is 9.30 Å². The van der Waals surface area contributed by atoms with Crippen LogP contribution in [0.15, 0.2) is 0 Å². The van der Waals surface area contributed by atoms with Crippen molar-refractivity contribution in [1.82, 2.24) is 0 Å². The van der Waals surface area contributed by atoms with Gasteiger partial charge in [-0.3, -0.25) is 0 Å². The fourth-order valence-electron chi connectivity index (χ4n) is 2.36. The number of hydrogen-bond acceptors (Lipinski definition) is 2. The zero-order chi connectivity index (χ0) is 14.2. The monoisotopic (exact) mass is 276 g/mol. The van der Waals surface area contributed by atoms with E-state index >= 15 is 0 Å². The molecular formula is C15H33O2P. The lowest BCUT2D eigenvalue weighted by atomic mass is 9.71. The Morgan fingerprint density at radius 1 is 1.17 bits per heavy atom. The second-order valence-corrected chi connectivity index (χ2v) is 10.1. The van der Waals surface area contributed by atoms with E-state index in [1.165, 1.54) is 38.5 Å². The minimum atomic E-state index is -1.64. The Labute approximate surface area is 114 Å². The van der Waals surface area contributed by atoms with Crippen molar-refractivity contribution in [3.8, 4) is 0 Å². The topological polar surface area (TPSA) is 26.3 Å². The van der Waals surface area contributed by atoms with Crippen LogP contribution in [0.2, 0.25) is 0 Å². The molecule has 1 rings (SSSR count). The van der Waals surface area contributed by atoms with Crippen LogP contribution in [0, 0.1) is 5.41 Å². The summed E-state index contributed by atoms with van der Waals surface area (Å²) in [4.78, 5) is 0. The number of rotatable bonds is 6. The molecule has 3 heteroatoms. The van der Waals surface area contributed by atoms with Crippen molar-refractivity contribution in [3.63, 3.8) is 0 Å². The summed E-state index contributed by atoms with van der Waals surface area (Å²) >= 11 is 0. The maximum absolute atomic E-state index is 10.2. The van der Waals surface area contributed by atoms with Crippen molar-refractivity contribution in [1.29, 1.82) is 0 Å². The van der Waals surface area contributed by atoms with Gasteiger partial charge in [0.05, 0.1) is 19.9 Å². The number of unbranched alkanes of at least 4 members (excludes halogenated alkanes) is 1. The van der Waals surface area contributed by atoms with Crippen molar-refractivity contribution < 1.29 is 9.30 Å². The van der Waals surface area contributed by atoms with Crippen LogP contribution in [0.5, 0.6) is 0 Å². The van der Waals surface area contributed by atoms with Crippen LogP contribution in [0.1, 0.15) is 59.3 Å². The Hall–Kier alpha value is 0.190. The lowest BCUT2D eigenvalue weighted by molar-refractivity contribution is -0.195. The van der Waals surface area contributed by atoms with Crippen LogP contribution in [0.25, 0.3) is 0 Å². The summed E-state index contributed by atoms with van der Waals surface area (Å²) < 4.78 is 15.9. The predicted octanol–water partition coefficient (Wildman–Crippen LogP) is 5.01. The summed E-state index contributed by atoms with van der Waals surface area (Å²) in [5, 5.41) is 0. The maximum atomic E-state index is 10.2. The standard InChI is InChI=1S/C12H24O.C3H9OP/c1-4-7-9-12(6-3)10-13-11(12)8-5-2;1-5(2,3)4/h11H,4-10H2,1-3H3;1-3H3. The molecule has 1 aliphatic heterocycles. The number of hydrogen-bond donors (Lipinski definition) is 0. The van der Waals surface area contributed by atoms with Crippen LogP contribution >= 0.6 is 7.14 Å². The molecule has 0 bridgehead atoms. The Bertz CT molecular complexity index is 247. The van der Waals surface area contributed by atoms with Gasteiger partial charge in [0.2, 0.25) is 0 Å². The van der Waals surface area contributed by atoms with Gasteiger partial charge in [-0.1, -0.05) is 40.0 Å². The molecule has 0 N–H and O–H groups in total. The quantitative estimate of drug-likeness (QED) is 0.637. The Morgan fingerprint density at radius 2 is 1.72 bits per heavy atom. The third-order valence-electron chi connectivity index (χ3n) is 3.54. The van der Waals surface area contributed by atoms with Gasteiger partial charge in [0.1, 0.15) is 0 Å². The molecule has 110 valence electrons. The third kappa shape index (κ3) is 6.95. The molecular weight excluding hydrogens is 243 g/mol. The highest BCUT2D eigenvalue weighted by molar-refractivity contribution is 7.61. The number of ether oxygens (including phenoxy) is 1. The van der Waals surface area contributed by atoms with Gasteiger partial charge in [0, 0.05) is 5.41 Å². The molecule has 2 unspecified atom stereocenters. The zero-order valence-electron chi connectivity index (χ0n) is 13.3. The smallest absolute Gasteiger partial charge is 0.0790 e. The van der Waals surface area contributed by atoms with E-state index in [9.17, 15) is 4.57 Å². The largest absolute Gasteiger partial charge is 0.377 e. The van der Waals surface area contributed by atoms with Gasteiger partial charge in [-0.05, 0) is 39.3 Å². The molecule has 0 aliphatic carbocycles. The summed E-state index contributed by atoms with van der Waals surface area (Å²) in [5.41, 5.74) is 0.562. The first-order valence-electron chi connectivity index (χ1n) is 7.43. The first-order chi connectivity index (χ1) is 8.29. The predicted molar refractivity (Wildman–Crippen MR) is 82.3 cm³/mol. The molecule has 0 aromatic rings. The second kappa shape index (κ2) is 8.38. The van der Waals surface area contributed by atoms with E-state index in [2.05, 4.69) is 20.8 Å². The van der Waals surface area contributed by atoms with Crippen molar-refractivity contribution in [2.24, 2.45) is 5.41 Å². The highest BCUT2D eigenvalue weighted by atomic mass is 31.2. The SMILES string of the molecule is CCCCC1(CC)COC1CCC.CP(C)(C)=O. The average Bonchev–Trinajstić information content (AvgIpc) is 2.24. The highest BCUT2D eigenvalue weighted by Crippen LogP contribution is 2.44. The molecule has 2 nitrogen and oxygen atoms in total. The molecule has 1 heterocycles. The first kappa shape index (κ1) is 18.2. The van der Waals surface area contributed by atoms with Gasteiger partial charge in [-0.25, -0.2) is 0 Å². The molecule has 0 aromatic heterocycles. The van der Waals surface area contributed by atoms with E-state index < -0.39 is 7.14 Å². The Kier molecular flexibility index (Phi) is 8.47. The van der Waals surface area contributed by atoms with E-state index in [-0.39, 0.29) is 0 Å². The van der Waals surface area contributed by atoms with Gasteiger partial charge < -0.3 is 9.30 Å². The van der Waals surface area contributed by atoms with Gasteiger partial charge in [0.25, 0.3) is 0 Å².